The average molecular weight is 246 g/mol. The summed E-state index contributed by atoms with van der Waals surface area (Å²) in [7, 11) is 0. The summed E-state index contributed by atoms with van der Waals surface area (Å²) in [6, 6.07) is 3.87. The van der Waals surface area contributed by atoms with E-state index in [9.17, 15) is 20.0 Å². The summed E-state index contributed by atoms with van der Waals surface area (Å²) in [5.41, 5.74) is -0.558. The Morgan fingerprint density at radius 2 is 2.19 bits per heavy atom. The van der Waals surface area contributed by atoms with Gasteiger partial charge in [-0.1, -0.05) is 17.7 Å². The highest BCUT2D eigenvalue weighted by Gasteiger charge is 2.24. The summed E-state index contributed by atoms with van der Waals surface area (Å²) in [5.74, 6) is -1.26. The average Bonchev–Trinajstić information content (AvgIpc) is 2.15. The first-order valence-corrected chi connectivity index (χ1v) is 4.64. The molecule has 0 aliphatic rings. The third-order valence-electron chi connectivity index (χ3n) is 1.93. The predicted octanol–water partition coefficient (Wildman–Crippen LogP) is 1.76. The van der Waals surface area contributed by atoms with Crippen LogP contribution in [0.3, 0.4) is 0 Å². The number of hydrogen-bond acceptors (Lipinski definition) is 4. The van der Waals surface area contributed by atoms with Crippen molar-refractivity contribution in [1.29, 1.82) is 0 Å². The third-order valence-corrected chi connectivity index (χ3v) is 2.26. The summed E-state index contributed by atoms with van der Waals surface area (Å²) >= 11 is 5.69. The van der Waals surface area contributed by atoms with Crippen LogP contribution in [0.15, 0.2) is 18.2 Å². The number of nitro groups is 1. The van der Waals surface area contributed by atoms with Crippen LogP contribution < -0.4 is 0 Å². The predicted molar refractivity (Wildman–Crippen MR) is 55.3 cm³/mol. The fourth-order valence-corrected chi connectivity index (χ4v) is 1.58. The molecule has 1 aromatic rings. The number of halogens is 1. The van der Waals surface area contributed by atoms with Gasteiger partial charge in [0.2, 0.25) is 0 Å². The summed E-state index contributed by atoms with van der Waals surface area (Å²) in [4.78, 5) is 20.3. The molecule has 0 aliphatic heterocycles. The van der Waals surface area contributed by atoms with Crippen LogP contribution in [0.5, 0.6) is 0 Å². The van der Waals surface area contributed by atoms with Gasteiger partial charge in [0, 0.05) is 6.07 Å². The van der Waals surface area contributed by atoms with Crippen LogP contribution in [0, 0.1) is 10.1 Å². The van der Waals surface area contributed by atoms with Crippen LogP contribution in [0.25, 0.3) is 0 Å². The quantitative estimate of drug-likeness (QED) is 0.622. The van der Waals surface area contributed by atoms with Crippen molar-refractivity contribution in [2.24, 2.45) is 0 Å². The van der Waals surface area contributed by atoms with Crippen LogP contribution in [0.2, 0.25) is 5.02 Å². The van der Waals surface area contributed by atoms with Crippen molar-refractivity contribution in [3.63, 3.8) is 0 Å². The van der Waals surface area contributed by atoms with Gasteiger partial charge in [0.25, 0.3) is 5.69 Å². The molecule has 1 atom stereocenters. The van der Waals surface area contributed by atoms with Gasteiger partial charge in [-0.3, -0.25) is 14.9 Å². The number of aliphatic hydroxyl groups is 1. The van der Waals surface area contributed by atoms with Gasteiger partial charge in [0.05, 0.1) is 28.0 Å². The molecular weight excluding hydrogens is 238 g/mol. The lowest BCUT2D eigenvalue weighted by atomic mass is 10.0. The van der Waals surface area contributed by atoms with E-state index in [0.717, 1.165) is 6.07 Å². The number of carbonyl (C=O) groups is 1. The lowest BCUT2D eigenvalue weighted by molar-refractivity contribution is -0.386. The van der Waals surface area contributed by atoms with Crippen molar-refractivity contribution in [2.45, 2.75) is 12.5 Å². The second kappa shape index (κ2) is 4.91. The van der Waals surface area contributed by atoms with Gasteiger partial charge in [0.1, 0.15) is 0 Å². The van der Waals surface area contributed by atoms with Crippen molar-refractivity contribution in [2.75, 3.05) is 0 Å². The molecule has 86 valence electrons. The summed E-state index contributed by atoms with van der Waals surface area (Å²) in [5, 5.41) is 28.7. The first kappa shape index (κ1) is 12.4. The van der Waals surface area contributed by atoms with Crippen molar-refractivity contribution in [1.82, 2.24) is 0 Å². The molecule has 16 heavy (non-hydrogen) atoms. The van der Waals surface area contributed by atoms with E-state index in [4.69, 9.17) is 16.7 Å². The second-order valence-electron chi connectivity index (χ2n) is 3.04. The number of aliphatic hydroxyl groups excluding tert-OH is 1. The highest BCUT2D eigenvalue weighted by molar-refractivity contribution is 6.31. The van der Waals surface area contributed by atoms with Crippen LogP contribution in [0.4, 0.5) is 5.69 Å². The summed E-state index contributed by atoms with van der Waals surface area (Å²) in [6.45, 7) is 0. The molecule has 7 heteroatoms. The molecule has 6 nitrogen and oxygen atoms in total. The zero-order valence-electron chi connectivity index (χ0n) is 7.96. The highest BCUT2D eigenvalue weighted by atomic mass is 35.5. The standard InChI is InChI=1S/C9H8ClNO5/c10-5-2-1-3-6(11(15)16)9(5)7(12)4-8(13)14/h1-3,7,12H,4H2,(H,13,14)/t7-/m0/s1. The molecular formula is C9H8ClNO5. The second-order valence-corrected chi connectivity index (χ2v) is 3.45. The van der Waals surface area contributed by atoms with Crippen LogP contribution in [0.1, 0.15) is 18.1 Å². The Bertz CT molecular complexity index is 434. The number of carboxylic acids is 1. The number of nitrogens with zero attached hydrogens (tertiary/aromatic N) is 1. The Morgan fingerprint density at radius 1 is 1.56 bits per heavy atom. The molecule has 1 rings (SSSR count). The van der Waals surface area contributed by atoms with Gasteiger partial charge in [-0.2, -0.15) is 0 Å². The third kappa shape index (κ3) is 2.68. The number of nitro benzene ring substituents is 1. The Labute approximate surface area is 95.2 Å². The van der Waals surface area contributed by atoms with E-state index in [2.05, 4.69) is 0 Å². The molecule has 0 amide bonds. The normalized spacial score (nSPS) is 12.1. The topological polar surface area (TPSA) is 101 Å². The maximum Gasteiger partial charge on any atom is 0.306 e. The maximum absolute atomic E-state index is 10.7. The van der Waals surface area contributed by atoms with Gasteiger partial charge < -0.3 is 10.2 Å². The van der Waals surface area contributed by atoms with Crippen LogP contribution in [-0.2, 0) is 4.79 Å². The maximum atomic E-state index is 10.7. The Kier molecular flexibility index (Phi) is 3.81. The zero-order chi connectivity index (χ0) is 12.3. The Morgan fingerprint density at radius 3 is 2.69 bits per heavy atom. The number of rotatable bonds is 4. The number of hydrogen-bond donors (Lipinski definition) is 2. The van der Waals surface area contributed by atoms with E-state index in [0.29, 0.717) is 0 Å². The smallest absolute Gasteiger partial charge is 0.306 e. The van der Waals surface area contributed by atoms with Gasteiger partial charge in [-0.25, -0.2) is 0 Å². The SMILES string of the molecule is O=C(O)C[C@H](O)c1c(Cl)cccc1[N+](=O)[O-]. The molecule has 0 heterocycles. The first-order valence-electron chi connectivity index (χ1n) is 4.26. The number of carboxylic acid groups (broad SMARTS) is 1. The molecule has 1 aromatic carbocycles. The molecule has 2 N–H and O–H groups in total. The van der Waals surface area contributed by atoms with Crippen molar-refractivity contribution in [3.8, 4) is 0 Å². The molecule has 0 radical (unpaired) electrons. The molecule has 0 saturated heterocycles. The highest BCUT2D eigenvalue weighted by Crippen LogP contribution is 2.33. The molecule has 0 aromatic heterocycles. The summed E-state index contributed by atoms with van der Waals surface area (Å²) in [6.07, 6.45) is -2.13. The van der Waals surface area contributed by atoms with Crippen molar-refractivity contribution < 1.29 is 19.9 Å². The Balaban J connectivity index is 3.19. The minimum absolute atomic E-state index is 0.0250. The minimum atomic E-state index is -1.49. The molecule has 0 spiro atoms. The Hall–Kier alpha value is -1.66. The van der Waals surface area contributed by atoms with Crippen molar-refractivity contribution in [3.05, 3.63) is 38.9 Å². The van der Waals surface area contributed by atoms with E-state index in [1.807, 2.05) is 0 Å². The van der Waals surface area contributed by atoms with Crippen LogP contribution >= 0.6 is 11.6 Å². The van der Waals surface area contributed by atoms with Crippen molar-refractivity contribution >= 4 is 23.3 Å². The number of aliphatic carboxylic acids is 1. The van der Waals surface area contributed by atoms with E-state index in [-0.39, 0.29) is 16.3 Å². The first-order chi connectivity index (χ1) is 7.43. The molecule has 0 unspecified atom stereocenters. The minimum Gasteiger partial charge on any atom is -0.481 e. The van der Waals surface area contributed by atoms with E-state index in [1.54, 1.807) is 0 Å². The zero-order valence-corrected chi connectivity index (χ0v) is 8.72. The largest absolute Gasteiger partial charge is 0.481 e. The monoisotopic (exact) mass is 245 g/mol. The van der Waals surface area contributed by atoms with Gasteiger partial charge in [-0.05, 0) is 6.07 Å². The fourth-order valence-electron chi connectivity index (χ4n) is 1.28. The molecule has 0 bridgehead atoms. The van der Waals surface area contributed by atoms with Gasteiger partial charge >= 0.3 is 5.97 Å². The van der Waals surface area contributed by atoms with E-state index >= 15 is 0 Å². The van der Waals surface area contributed by atoms with E-state index < -0.39 is 23.4 Å². The molecule has 0 aliphatic carbocycles. The molecule has 0 fully saturated rings. The lowest BCUT2D eigenvalue weighted by Gasteiger charge is -2.10. The van der Waals surface area contributed by atoms with Gasteiger partial charge in [0.15, 0.2) is 0 Å². The lowest BCUT2D eigenvalue weighted by Crippen LogP contribution is -2.08. The number of benzene rings is 1. The molecule has 0 saturated carbocycles. The van der Waals surface area contributed by atoms with E-state index in [1.165, 1.54) is 12.1 Å². The van der Waals surface area contributed by atoms with Gasteiger partial charge in [-0.15, -0.1) is 0 Å². The van der Waals surface area contributed by atoms with Crippen LogP contribution in [-0.4, -0.2) is 21.1 Å². The fraction of sp³-hybridized carbons (Fsp3) is 0.222. The summed E-state index contributed by atoms with van der Waals surface area (Å²) < 4.78 is 0.